The maximum Gasteiger partial charge on any atom is 0.306 e. The zero-order valence-electron chi connectivity index (χ0n) is 34.2. The van der Waals surface area contributed by atoms with E-state index in [1.165, 1.54) is 44.9 Å². The van der Waals surface area contributed by atoms with Crippen LogP contribution in [0.25, 0.3) is 0 Å². The van der Waals surface area contributed by atoms with Gasteiger partial charge < -0.3 is 14.6 Å². The Kier molecular flexibility index (Phi) is 42.7. The van der Waals surface area contributed by atoms with Crippen LogP contribution in [0.15, 0.2) is 109 Å². The van der Waals surface area contributed by atoms with Crippen molar-refractivity contribution in [1.82, 2.24) is 0 Å². The van der Waals surface area contributed by atoms with Gasteiger partial charge in [-0.15, -0.1) is 0 Å². The minimum Gasteiger partial charge on any atom is -0.457 e. The predicted octanol–water partition coefficient (Wildman–Crippen LogP) is 14.3. The third-order valence-corrected chi connectivity index (χ3v) is 8.59. The van der Waals surface area contributed by atoms with Crippen LogP contribution in [0.4, 0.5) is 0 Å². The second-order valence-electron chi connectivity index (χ2n) is 13.6. The van der Waals surface area contributed by atoms with Crippen molar-refractivity contribution in [3.8, 4) is 0 Å². The minimum atomic E-state index is -0.559. The highest BCUT2D eigenvalue weighted by atomic mass is 16.6. The highest BCUT2D eigenvalue weighted by molar-refractivity contribution is 5.69. The molecule has 0 aliphatic carbocycles. The van der Waals surface area contributed by atoms with E-state index < -0.39 is 6.10 Å². The van der Waals surface area contributed by atoms with E-state index >= 15 is 0 Å². The van der Waals surface area contributed by atoms with Crippen LogP contribution in [0.5, 0.6) is 0 Å². The lowest BCUT2D eigenvalue weighted by atomic mass is 10.1. The SMILES string of the molecule is CC/C=C\C/C=C\C/C=C\C/C=C\C/C=C\CCCCCCCCCC(=O)OC(CO)COCCCCCCC/C=C\C/C=C\C/C=C\C/C=C\CC. The van der Waals surface area contributed by atoms with E-state index in [4.69, 9.17) is 9.47 Å². The molecular formula is C49H80O4. The number of carbonyl (C=O) groups is 1. The van der Waals surface area contributed by atoms with Crippen LogP contribution in [0.3, 0.4) is 0 Å². The fourth-order valence-electron chi connectivity index (χ4n) is 5.46. The van der Waals surface area contributed by atoms with E-state index in [9.17, 15) is 9.90 Å². The summed E-state index contributed by atoms with van der Waals surface area (Å²) in [6, 6.07) is 0. The third kappa shape index (κ3) is 43.3. The van der Waals surface area contributed by atoms with E-state index in [0.717, 1.165) is 103 Å². The van der Waals surface area contributed by atoms with Crippen LogP contribution < -0.4 is 0 Å². The first-order valence-electron chi connectivity index (χ1n) is 21.5. The summed E-state index contributed by atoms with van der Waals surface area (Å²) in [7, 11) is 0. The van der Waals surface area contributed by atoms with Gasteiger partial charge in [0.05, 0.1) is 13.2 Å². The summed E-state index contributed by atoms with van der Waals surface area (Å²) in [6.45, 7) is 5.05. The Hall–Kier alpha value is -2.95. The number of aliphatic hydroxyl groups excluding tert-OH is 1. The molecule has 0 aromatic carbocycles. The van der Waals surface area contributed by atoms with Crippen molar-refractivity contribution in [2.45, 2.75) is 174 Å². The Balaban J connectivity index is 3.55. The van der Waals surface area contributed by atoms with Gasteiger partial charge in [0.15, 0.2) is 0 Å². The second kappa shape index (κ2) is 45.2. The maximum atomic E-state index is 12.2. The quantitative estimate of drug-likeness (QED) is 0.0390. The standard InChI is InChI=1S/C49H80O4/c1-3-5-7-9-11-13-15-17-19-21-23-24-25-26-27-28-30-32-34-36-38-40-42-44-49(51)53-48(46-50)47-52-45-43-41-39-37-35-33-31-29-22-20-18-16-14-12-10-8-6-4-2/h5-8,11-14,17-20,23-24,26-27,29,31,48,50H,3-4,9-10,15-16,21-22,25,28,30,32-47H2,1-2H3/b7-5-,8-6-,13-11-,14-12-,19-17-,20-18-,24-23-,27-26-,31-29-. The number of carbonyl (C=O) groups excluding carboxylic acids is 1. The van der Waals surface area contributed by atoms with E-state index in [-0.39, 0.29) is 19.2 Å². The summed E-state index contributed by atoms with van der Waals surface area (Å²) in [4.78, 5) is 12.2. The molecule has 0 aromatic rings. The first-order valence-corrected chi connectivity index (χ1v) is 21.5. The zero-order chi connectivity index (χ0) is 38.4. The minimum absolute atomic E-state index is 0.192. The summed E-state index contributed by atoms with van der Waals surface area (Å²) in [6.07, 6.45) is 65.7. The number of rotatable bonds is 38. The molecule has 0 radical (unpaired) electrons. The van der Waals surface area contributed by atoms with Crippen LogP contribution in [0, 0.1) is 0 Å². The fraction of sp³-hybridized carbons (Fsp3) is 0.612. The number of hydrogen-bond donors (Lipinski definition) is 1. The predicted molar refractivity (Wildman–Crippen MR) is 232 cm³/mol. The zero-order valence-corrected chi connectivity index (χ0v) is 34.2. The average molecular weight is 733 g/mol. The molecule has 0 aliphatic heterocycles. The second-order valence-corrected chi connectivity index (χ2v) is 13.6. The number of ether oxygens (including phenoxy) is 2. The molecule has 0 saturated heterocycles. The van der Waals surface area contributed by atoms with Crippen molar-refractivity contribution in [3.05, 3.63) is 109 Å². The van der Waals surface area contributed by atoms with Crippen molar-refractivity contribution in [2.24, 2.45) is 0 Å². The lowest BCUT2D eigenvalue weighted by Gasteiger charge is -2.15. The normalized spacial score (nSPS) is 13.5. The fourth-order valence-corrected chi connectivity index (χ4v) is 5.46. The van der Waals surface area contributed by atoms with Gasteiger partial charge in [0, 0.05) is 13.0 Å². The molecule has 0 saturated carbocycles. The number of unbranched alkanes of at least 4 members (excludes halogenated alkanes) is 12. The van der Waals surface area contributed by atoms with Crippen molar-refractivity contribution in [2.75, 3.05) is 19.8 Å². The van der Waals surface area contributed by atoms with Gasteiger partial charge in [-0.05, 0) is 96.3 Å². The van der Waals surface area contributed by atoms with E-state index in [1.54, 1.807) is 0 Å². The first-order chi connectivity index (χ1) is 26.2. The molecule has 1 atom stereocenters. The summed E-state index contributed by atoms with van der Waals surface area (Å²) in [5.74, 6) is -0.224. The molecular weight excluding hydrogens is 653 g/mol. The lowest BCUT2D eigenvalue weighted by Crippen LogP contribution is -2.27. The van der Waals surface area contributed by atoms with Crippen molar-refractivity contribution in [3.63, 3.8) is 0 Å². The Morgan fingerprint density at radius 1 is 0.453 bits per heavy atom. The first kappa shape index (κ1) is 50.1. The topological polar surface area (TPSA) is 55.8 Å². The van der Waals surface area contributed by atoms with Gasteiger partial charge in [0.2, 0.25) is 0 Å². The molecule has 0 aromatic heterocycles. The third-order valence-electron chi connectivity index (χ3n) is 8.59. The van der Waals surface area contributed by atoms with Gasteiger partial charge >= 0.3 is 5.97 Å². The lowest BCUT2D eigenvalue weighted by molar-refractivity contribution is -0.154. The highest BCUT2D eigenvalue weighted by Gasteiger charge is 2.13. The van der Waals surface area contributed by atoms with Crippen molar-refractivity contribution >= 4 is 5.97 Å². The van der Waals surface area contributed by atoms with Crippen molar-refractivity contribution < 1.29 is 19.4 Å². The molecule has 4 heteroatoms. The maximum absolute atomic E-state index is 12.2. The highest BCUT2D eigenvalue weighted by Crippen LogP contribution is 2.12. The molecule has 1 N–H and O–H groups in total. The Labute approximate surface area is 327 Å². The number of allylic oxidation sites excluding steroid dienone is 18. The van der Waals surface area contributed by atoms with Crippen LogP contribution in [0.1, 0.15) is 168 Å². The summed E-state index contributed by atoms with van der Waals surface area (Å²) < 4.78 is 11.1. The molecule has 0 rings (SSSR count). The van der Waals surface area contributed by atoms with Crippen molar-refractivity contribution in [1.29, 1.82) is 0 Å². The Morgan fingerprint density at radius 2 is 0.792 bits per heavy atom. The van der Waals surface area contributed by atoms with Gasteiger partial charge in [-0.25, -0.2) is 0 Å². The smallest absolute Gasteiger partial charge is 0.306 e. The van der Waals surface area contributed by atoms with E-state index in [1.807, 2.05) is 0 Å². The number of aliphatic hydroxyl groups is 1. The largest absolute Gasteiger partial charge is 0.457 e. The summed E-state index contributed by atoms with van der Waals surface area (Å²) in [5, 5.41) is 9.61. The van der Waals surface area contributed by atoms with E-state index in [0.29, 0.717) is 13.0 Å². The van der Waals surface area contributed by atoms with Gasteiger partial charge in [-0.2, -0.15) is 0 Å². The molecule has 0 amide bonds. The molecule has 0 heterocycles. The average Bonchev–Trinajstić information content (AvgIpc) is 3.16. The molecule has 1 unspecified atom stereocenters. The molecule has 4 nitrogen and oxygen atoms in total. The summed E-state index contributed by atoms with van der Waals surface area (Å²) in [5.41, 5.74) is 0. The van der Waals surface area contributed by atoms with Crippen LogP contribution in [-0.2, 0) is 14.3 Å². The molecule has 0 aliphatic rings. The van der Waals surface area contributed by atoms with Gasteiger partial charge in [0.25, 0.3) is 0 Å². The van der Waals surface area contributed by atoms with E-state index in [2.05, 4.69) is 123 Å². The molecule has 0 spiro atoms. The monoisotopic (exact) mass is 733 g/mol. The van der Waals surface area contributed by atoms with Gasteiger partial charge in [-0.3, -0.25) is 4.79 Å². The van der Waals surface area contributed by atoms with Gasteiger partial charge in [0.1, 0.15) is 6.10 Å². The Bertz CT molecular complexity index is 1040. The van der Waals surface area contributed by atoms with Gasteiger partial charge in [-0.1, -0.05) is 175 Å². The molecule has 300 valence electrons. The number of esters is 1. The van der Waals surface area contributed by atoms with Crippen LogP contribution in [-0.4, -0.2) is 37.0 Å². The number of hydrogen-bond acceptors (Lipinski definition) is 4. The molecule has 0 bridgehead atoms. The molecule has 0 fully saturated rings. The van der Waals surface area contributed by atoms with Crippen LogP contribution in [0.2, 0.25) is 0 Å². The summed E-state index contributed by atoms with van der Waals surface area (Å²) >= 11 is 0. The molecule has 53 heavy (non-hydrogen) atoms. The van der Waals surface area contributed by atoms with Crippen LogP contribution >= 0.6 is 0 Å². The Morgan fingerprint density at radius 3 is 1.19 bits per heavy atom.